The minimum Gasteiger partial charge on any atom is -0.373 e. The number of thiocarbonyl (C=S) groups is 1. The molecule has 1 aliphatic carbocycles. The van der Waals surface area contributed by atoms with Crippen LogP contribution >= 0.6 is 12.2 Å². The maximum atomic E-state index is 4.97. The van der Waals surface area contributed by atoms with E-state index in [9.17, 15) is 0 Å². The molecule has 0 saturated carbocycles. The van der Waals surface area contributed by atoms with Gasteiger partial charge in [-0.05, 0) is 20.3 Å². The predicted octanol–water partition coefficient (Wildman–Crippen LogP) is 3.22. The molecule has 0 heterocycles. The van der Waals surface area contributed by atoms with Gasteiger partial charge in [-0.3, -0.25) is 0 Å². The smallest absolute Gasteiger partial charge is 0.0726 e. The number of rotatable bonds is 1. The lowest BCUT2D eigenvalue weighted by Gasteiger charge is -2.20. The first-order chi connectivity index (χ1) is 6.20. The van der Waals surface area contributed by atoms with Crippen LogP contribution in [-0.2, 0) is 0 Å². The summed E-state index contributed by atoms with van der Waals surface area (Å²) in [6.45, 7) is 8.04. The molecule has 0 spiro atoms. The second-order valence-corrected chi connectivity index (χ2v) is 3.44. The molecule has 1 atom stereocenters. The molecule has 0 aromatic carbocycles. The highest BCUT2D eigenvalue weighted by Gasteiger charge is 2.09. The first-order valence-corrected chi connectivity index (χ1v) is 5.21. The number of nitrogens with one attached hydrogen (secondary N) is 1. The Morgan fingerprint density at radius 3 is 2.62 bits per heavy atom. The van der Waals surface area contributed by atoms with Crippen LogP contribution in [0.4, 0.5) is 0 Å². The summed E-state index contributed by atoms with van der Waals surface area (Å²) in [5, 5.41) is 3.24. The molecular weight excluding hydrogens is 178 g/mol. The molecule has 0 aromatic rings. The van der Waals surface area contributed by atoms with Gasteiger partial charge in [0.25, 0.3) is 0 Å². The number of hydrogen-bond acceptors (Lipinski definition) is 1. The van der Waals surface area contributed by atoms with Crippen LogP contribution in [0.5, 0.6) is 0 Å². The predicted molar refractivity (Wildman–Crippen MR) is 64.1 cm³/mol. The van der Waals surface area contributed by atoms with Crippen molar-refractivity contribution in [1.82, 2.24) is 5.32 Å². The van der Waals surface area contributed by atoms with E-state index in [1.54, 1.807) is 0 Å². The van der Waals surface area contributed by atoms with Crippen LogP contribution in [0.2, 0.25) is 0 Å². The van der Waals surface area contributed by atoms with E-state index in [1.165, 1.54) is 5.57 Å². The second kappa shape index (κ2) is 6.84. The van der Waals surface area contributed by atoms with E-state index in [4.69, 9.17) is 12.2 Å². The van der Waals surface area contributed by atoms with Crippen LogP contribution in [0, 0.1) is 0 Å². The Kier molecular flexibility index (Phi) is 6.51. The molecule has 0 radical (unpaired) electrons. The molecule has 0 fully saturated rings. The van der Waals surface area contributed by atoms with Gasteiger partial charge in [-0.2, -0.15) is 0 Å². The second-order valence-electron chi connectivity index (χ2n) is 2.83. The molecule has 1 aliphatic rings. The molecule has 1 rings (SSSR count). The highest BCUT2D eigenvalue weighted by Crippen LogP contribution is 2.11. The lowest BCUT2D eigenvalue weighted by atomic mass is 10.0. The van der Waals surface area contributed by atoms with Crippen molar-refractivity contribution >= 4 is 17.2 Å². The van der Waals surface area contributed by atoms with Crippen LogP contribution in [0.3, 0.4) is 0 Å². The average molecular weight is 197 g/mol. The first-order valence-electron chi connectivity index (χ1n) is 4.80. The number of allylic oxidation sites excluding steroid dienone is 2. The topological polar surface area (TPSA) is 12.0 Å². The fraction of sp³-hybridized carbons (Fsp3) is 0.545. The van der Waals surface area contributed by atoms with E-state index >= 15 is 0 Å². The third-order valence-electron chi connectivity index (χ3n) is 1.79. The molecule has 2 heteroatoms. The fourth-order valence-electron chi connectivity index (χ4n) is 1.15. The third kappa shape index (κ3) is 4.83. The van der Waals surface area contributed by atoms with E-state index in [2.05, 4.69) is 30.5 Å². The van der Waals surface area contributed by atoms with Crippen molar-refractivity contribution in [2.24, 2.45) is 0 Å². The lowest BCUT2D eigenvalue weighted by Crippen LogP contribution is -2.33. The van der Waals surface area contributed by atoms with E-state index in [0.717, 1.165) is 11.4 Å². The van der Waals surface area contributed by atoms with Crippen LogP contribution < -0.4 is 5.32 Å². The Morgan fingerprint density at radius 1 is 1.54 bits per heavy atom. The van der Waals surface area contributed by atoms with Crippen LogP contribution in [0.1, 0.15) is 34.1 Å². The Balaban J connectivity index is 0.000000671. The summed E-state index contributed by atoms with van der Waals surface area (Å²) in [4.78, 5) is 0.873. The Labute approximate surface area is 86.9 Å². The summed E-state index contributed by atoms with van der Waals surface area (Å²) in [6, 6.07) is 0.428. The van der Waals surface area contributed by atoms with Gasteiger partial charge in [0.05, 0.1) is 11.0 Å². The molecule has 13 heavy (non-hydrogen) atoms. The molecule has 1 N–H and O–H groups in total. The van der Waals surface area contributed by atoms with Crippen LogP contribution in [0.25, 0.3) is 0 Å². The van der Waals surface area contributed by atoms with Crippen molar-refractivity contribution in [1.29, 1.82) is 0 Å². The summed E-state index contributed by atoms with van der Waals surface area (Å²) in [5.41, 5.74) is 1.36. The van der Waals surface area contributed by atoms with Crippen molar-refractivity contribution in [3.8, 4) is 0 Å². The van der Waals surface area contributed by atoms with Crippen molar-refractivity contribution < 1.29 is 0 Å². The summed E-state index contributed by atoms with van der Waals surface area (Å²) >= 11 is 4.97. The Hall–Kier alpha value is -0.630. The average Bonchev–Trinajstić information content (AvgIpc) is 2.12. The Morgan fingerprint density at radius 2 is 2.15 bits per heavy atom. The van der Waals surface area contributed by atoms with E-state index in [-0.39, 0.29) is 0 Å². The van der Waals surface area contributed by atoms with Crippen molar-refractivity contribution in [2.45, 2.75) is 40.2 Å². The number of hydrogen-bond donors (Lipinski definition) is 1. The third-order valence-corrected chi connectivity index (χ3v) is 1.91. The molecule has 1 nitrogen and oxygen atoms in total. The highest BCUT2D eigenvalue weighted by molar-refractivity contribution is 7.80. The first kappa shape index (κ1) is 12.4. The zero-order valence-corrected chi connectivity index (χ0v) is 9.74. The van der Waals surface area contributed by atoms with E-state index in [0.29, 0.717) is 6.04 Å². The molecule has 0 bridgehead atoms. The van der Waals surface area contributed by atoms with Gasteiger partial charge >= 0.3 is 0 Å². The van der Waals surface area contributed by atoms with Gasteiger partial charge < -0.3 is 5.32 Å². The monoisotopic (exact) mass is 197 g/mol. The molecule has 0 aliphatic heterocycles. The maximum Gasteiger partial charge on any atom is 0.0726 e. The standard InChI is InChI=1S/C9H13NS.C2H6/c1-7-5-3-4-6-9(7)10-8(2)11;1-2/h3-5,9H,6H2,1-2H3,(H,10,11);1-2H3. The van der Waals surface area contributed by atoms with Gasteiger partial charge in [-0.1, -0.05) is 49.9 Å². The summed E-state index contributed by atoms with van der Waals surface area (Å²) < 4.78 is 0. The van der Waals surface area contributed by atoms with Gasteiger partial charge in [0, 0.05) is 0 Å². The zero-order valence-electron chi connectivity index (χ0n) is 8.92. The summed E-state index contributed by atoms with van der Waals surface area (Å²) in [7, 11) is 0. The minimum absolute atomic E-state index is 0.428. The van der Waals surface area contributed by atoms with Gasteiger partial charge in [0.2, 0.25) is 0 Å². The maximum absolute atomic E-state index is 4.97. The molecule has 0 aromatic heterocycles. The van der Waals surface area contributed by atoms with Crippen molar-refractivity contribution in [2.75, 3.05) is 0 Å². The van der Waals surface area contributed by atoms with Crippen LogP contribution in [0.15, 0.2) is 23.8 Å². The fourth-order valence-corrected chi connectivity index (χ4v) is 1.30. The largest absolute Gasteiger partial charge is 0.373 e. The Bertz CT molecular complexity index is 216. The van der Waals surface area contributed by atoms with Gasteiger partial charge in [0.15, 0.2) is 0 Å². The van der Waals surface area contributed by atoms with Crippen molar-refractivity contribution in [3.63, 3.8) is 0 Å². The molecular formula is C11H19NS. The van der Waals surface area contributed by atoms with Crippen LogP contribution in [-0.4, -0.2) is 11.0 Å². The molecule has 74 valence electrons. The quantitative estimate of drug-likeness (QED) is 0.648. The molecule has 0 amide bonds. The van der Waals surface area contributed by atoms with Gasteiger partial charge in [0.1, 0.15) is 0 Å². The minimum atomic E-state index is 0.428. The van der Waals surface area contributed by atoms with E-state index in [1.807, 2.05) is 20.8 Å². The van der Waals surface area contributed by atoms with Gasteiger partial charge in [-0.25, -0.2) is 0 Å². The zero-order chi connectivity index (χ0) is 10.3. The SMILES string of the molecule is CC.CC(=S)NC1CC=CC=C1C. The lowest BCUT2D eigenvalue weighted by molar-refractivity contribution is 0.697. The van der Waals surface area contributed by atoms with Crippen molar-refractivity contribution in [3.05, 3.63) is 23.8 Å². The molecule has 0 saturated heterocycles. The molecule has 1 unspecified atom stereocenters. The highest BCUT2D eigenvalue weighted by atomic mass is 32.1. The van der Waals surface area contributed by atoms with E-state index < -0.39 is 0 Å². The summed E-state index contributed by atoms with van der Waals surface area (Å²) in [5.74, 6) is 0. The normalized spacial score (nSPS) is 19.7. The summed E-state index contributed by atoms with van der Waals surface area (Å²) in [6.07, 6.45) is 7.42. The van der Waals surface area contributed by atoms with Gasteiger partial charge in [-0.15, -0.1) is 0 Å².